The predicted octanol–water partition coefficient (Wildman–Crippen LogP) is 3.56. The molecule has 3 heterocycles. The van der Waals surface area contributed by atoms with Gasteiger partial charge in [-0.2, -0.15) is 13.2 Å². The maximum Gasteiger partial charge on any atom is 0.408 e. The molecule has 6 nitrogen and oxygen atoms in total. The SMILES string of the molecule is CSc1ncc2c(=O)n(CC(F)(F)F)n(-c3cccc(C(C)(C)C)n3)c2n1. The van der Waals surface area contributed by atoms with Gasteiger partial charge in [-0.1, -0.05) is 38.6 Å². The summed E-state index contributed by atoms with van der Waals surface area (Å²) >= 11 is 1.23. The highest BCUT2D eigenvalue weighted by Crippen LogP contribution is 2.24. The normalized spacial score (nSPS) is 12.7. The monoisotopic (exact) mass is 397 g/mol. The topological polar surface area (TPSA) is 65.6 Å². The van der Waals surface area contributed by atoms with Crippen molar-refractivity contribution in [3.8, 4) is 5.82 Å². The Morgan fingerprint density at radius 3 is 2.44 bits per heavy atom. The van der Waals surface area contributed by atoms with E-state index in [0.29, 0.717) is 15.5 Å². The lowest BCUT2D eigenvalue weighted by molar-refractivity contribution is -0.144. The molecule has 0 N–H and O–H groups in total. The van der Waals surface area contributed by atoms with Gasteiger partial charge < -0.3 is 0 Å². The minimum atomic E-state index is -4.58. The van der Waals surface area contributed by atoms with Crippen LogP contribution in [0.5, 0.6) is 0 Å². The molecule has 0 radical (unpaired) electrons. The quantitative estimate of drug-likeness (QED) is 0.499. The number of nitrogens with zero attached hydrogens (tertiary/aromatic N) is 5. The van der Waals surface area contributed by atoms with Gasteiger partial charge in [-0.25, -0.2) is 24.3 Å². The molecule has 10 heteroatoms. The first-order valence-corrected chi connectivity index (χ1v) is 9.31. The average Bonchev–Trinajstić information content (AvgIpc) is 2.84. The number of hydrogen-bond acceptors (Lipinski definition) is 5. The van der Waals surface area contributed by atoms with Gasteiger partial charge in [0.2, 0.25) is 0 Å². The van der Waals surface area contributed by atoms with Crippen molar-refractivity contribution in [2.24, 2.45) is 0 Å². The molecule has 0 unspecified atom stereocenters. The molecular weight excluding hydrogens is 379 g/mol. The largest absolute Gasteiger partial charge is 0.408 e. The zero-order valence-corrected chi connectivity index (χ0v) is 16.0. The lowest BCUT2D eigenvalue weighted by Gasteiger charge is -2.19. The predicted molar refractivity (Wildman–Crippen MR) is 97.5 cm³/mol. The van der Waals surface area contributed by atoms with Crippen LogP contribution in [0.4, 0.5) is 13.2 Å². The van der Waals surface area contributed by atoms with E-state index in [1.807, 2.05) is 20.8 Å². The van der Waals surface area contributed by atoms with Crippen LogP contribution in [-0.4, -0.2) is 36.7 Å². The fraction of sp³-hybridized carbons (Fsp3) is 0.412. The minimum absolute atomic E-state index is 0.0139. The van der Waals surface area contributed by atoms with Gasteiger partial charge in [0.05, 0.1) is 0 Å². The molecule has 3 aromatic heterocycles. The molecule has 27 heavy (non-hydrogen) atoms. The van der Waals surface area contributed by atoms with Crippen molar-refractivity contribution in [1.82, 2.24) is 24.3 Å². The maximum absolute atomic E-state index is 13.1. The van der Waals surface area contributed by atoms with E-state index in [1.54, 1.807) is 24.5 Å². The lowest BCUT2D eigenvalue weighted by atomic mass is 9.92. The first-order valence-electron chi connectivity index (χ1n) is 8.08. The van der Waals surface area contributed by atoms with Crippen molar-refractivity contribution in [1.29, 1.82) is 0 Å². The van der Waals surface area contributed by atoms with Gasteiger partial charge in [0.1, 0.15) is 11.9 Å². The van der Waals surface area contributed by atoms with Crippen molar-refractivity contribution in [3.63, 3.8) is 0 Å². The highest BCUT2D eigenvalue weighted by molar-refractivity contribution is 7.98. The lowest BCUT2D eigenvalue weighted by Crippen LogP contribution is -2.30. The average molecular weight is 397 g/mol. The molecule has 0 aromatic carbocycles. The summed E-state index contributed by atoms with van der Waals surface area (Å²) in [6.45, 7) is 4.40. The summed E-state index contributed by atoms with van der Waals surface area (Å²) in [6, 6.07) is 5.05. The zero-order chi connectivity index (χ0) is 20.0. The molecule has 3 aromatic rings. The molecule has 0 bridgehead atoms. The number of alkyl halides is 3. The summed E-state index contributed by atoms with van der Waals surface area (Å²) < 4.78 is 41.1. The van der Waals surface area contributed by atoms with E-state index < -0.39 is 18.3 Å². The van der Waals surface area contributed by atoms with Gasteiger partial charge in [-0.15, -0.1) is 0 Å². The Hall–Kier alpha value is -2.36. The number of hydrogen-bond donors (Lipinski definition) is 0. The Morgan fingerprint density at radius 2 is 1.85 bits per heavy atom. The third kappa shape index (κ3) is 3.85. The molecule has 0 aliphatic heterocycles. The van der Waals surface area contributed by atoms with Crippen LogP contribution < -0.4 is 5.56 Å². The van der Waals surface area contributed by atoms with Crippen molar-refractivity contribution < 1.29 is 13.2 Å². The van der Waals surface area contributed by atoms with Crippen molar-refractivity contribution in [2.75, 3.05) is 6.26 Å². The molecule has 0 amide bonds. The van der Waals surface area contributed by atoms with Crippen LogP contribution in [0.15, 0.2) is 34.3 Å². The molecular formula is C17H18F3N5OS. The molecule has 0 saturated carbocycles. The first kappa shape index (κ1) is 19.4. The van der Waals surface area contributed by atoms with Crippen molar-refractivity contribution in [3.05, 3.63) is 40.4 Å². The number of pyridine rings is 1. The Morgan fingerprint density at radius 1 is 1.15 bits per heavy atom. The van der Waals surface area contributed by atoms with E-state index >= 15 is 0 Å². The van der Waals surface area contributed by atoms with Crippen LogP contribution in [0, 0.1) is 0 Å². The molecule has 144 valence electrons. The van der Waals surface area contributed by atoms with Gasteiger partial charge in [-0.05, 0) is 18.4 Å². The van der Waals surface area contributed by atoms with Crippen LogP contribution in [0.3, 0.4) is 0 Å². The van der Waals surface area contributed by atoms with Gasteiger partial charge >= 0.3 is 6.18 Å². The molecule has 0 atom stereocenters. The second-order valence-electron chi connectivity index (χ2n) is 7.01. The number of aromatic nitrogens is 5. The van der Waals surface area contributed by atoms with E-state index in [9.17, 15) is 18.0 Å². The Bertz CT molecular complexity index is 1050. The summed E-state index contributed by atoms with van der Waals surface area (Å²) in [5.74, 6) is 0.199. The zero-order valence-electron chi connectivity index (χ0n) is 15.2. The maximum atomic E-state index is 13.1. The molecule has 0 aliphatic carbocycles. The second kappa shape index (κ2) is 6.66. The number of halogens is 3. The van der Waals surface area contributed by atoms with Crippen molar-refractivity contribution >= 4 is 22.8 Å². The van der Waals surface area contributed by atoms with Crippen LogP contribution >= 0.6 is 11.8 Å². The highest BCUT2D eigenvalue weighted by Gasteiger charge is 2.32. The fourth-order valence-corrected chi connectivity index (χ4v) is 2.95. The van der Waals surface area contributed by atoms with Crippen molar-refractivity contribution in [2.45, 2.75) is 44.1 Å². The van der Waals surface area contributed by atoms with Gasteiger partial charge in [0.25, 0.3) is 5.56 Å². The fourth-order valence-electron chi connectivity index (χ4n) is 2.62. The van der Waals surface area contributed by atoms with Crippen LogP contribution in [-0.2, 0) is 12.0 Å². The van der Waals surface area contributed by atoms with E-state index in [1.165, 1.54) is 18.0 Å². The molecule has 0 saturated heterocycles. The summed E-state index contributed by atoms with van der Waals surface area (Å²) in [6.07, 6.45) is -1.57. The van der Waals surface area contributed by atoms with Crippen LogP contribution in [0.1, 0.15) is 26.5 Å². The summed E-state index contributed by atoms with van der Waals surface area (Å²) in [5, 5.41) is 0.368. The number of fused-ring (bicyclic) bond motifs is 1. The summed E-state index contributed by atoms with van der Waals surface area (Å²) in [4.78, 5) is 25.4. The van der Waals surface area contributed by atoms with E-state index in [-0.39, 0.29) is 22.3 Å². The smallest absolute Gasteiger partial charge is 0.267 e. The van der Waals surface area contributed by atoms with Gasteiger partial charge in [0, 0.05) is 17.3 Å². The Kier molecular flexibility index (Phi) is 4.79. The molecule has 0 aliphatic rings. The molecule has 0 fully saturated rings. The molecule has 0 spiro atoms. The summed E-state index contributed by atoms with van der Waals surface area (Å²) in [5.41, 5.74) is -0.333. The van der Waals surface area contributed by atoms with Gasteiger partial charge in [0.15, 0.2) is 16.6 Å². The standard InChI is InChI=1S/C17H18F3N5OS/c1-16(2,3)11-6-5-7-12(22-11)25-13-10(8-21-15(23-13)27-4)14(26)24(25)9-17(18,19)20/h5-8H,9H2,1-4H3. The third-order valence-corrected chi connectivity index (χ3v) is 4.45. The third-order valence-electron chi connectivity index (χ3n) is 3.88. The number of rotatable bonds is 3. The van der Waals surface area contributed by atoms with E-state index in [2.05, 4.69) is 15.0 Å². The molecule has 3 rings (SSSR count). The second-order valence-corrected chi connectivity index (χ2v) is 7.79. The van der Waals surface area contributed by atoms with Gasteiger partial charge in [-0.3, -0.25) is 4.79 Å². The highest BCUT2D eigenvalue weighted by atomic mass is 32.2. The summed E-state index contributed by atoms with van der Waals surface area (Å²) in [7, 11) is 0. The minimum Gasteiger partial charge on any atom is -0.267 e. The Labute approximate surface area is 157 Å². The first-order chi connectivity index (χ1) is 12.5. The van der Waals surface area contributed by atoms with E-state index in [4.69, 9.17) is 0 Å². The van der Waals surface area contributed by atoms with Crippen LogP contribution in [0.2, 0.25) is 0 Å². The van der Waals surface area contributed by atoms with Crippen LogP contribution in [0.25, 0.3) is 16.9 Å². The number of thioether (sulfide) groups is 1. The van der Waals surface area contributed by atoms with E-state index in [0.717, 1.165) is 4.68 Å². The Balaban J connectivity index is 2.36.